The number of carbonyl (C=O) groups excluding carboxylic acids is 2. The van der Waals surface area contributed by atoms with Crippen molar-refractivity contribution in [1.82, 2.24) is 10.2 Å². The number of hydrogen-bond acceptors (Lipinski definition) is 4. The third kappa shape index (κ3) is 7.74. The summed E-state index contributed by atoms with van der Waals surface area (Å²) >= 11 is 18.8. The first kappa shape index (κ1) is 29.2. The monoisotopic (exact) mass is 561 g/mol. The quantitative estimate of drug-likeness (QED) is 0.415. The zero-order valence-electron chi connectivity index (χ0n) is 20.1. The van der Waals surface area contributed by atoms with Crippen molar-refractivity contribution in [3.8, 4) is 0 Å². The van der Waals surface area contributed by atoms with Crippen molar-refractivity contribution in [2.75, 3.05) is 23.7 Å². The molecule has 0 heterocycles. The lowest BCUT2D eigenvalue weighted by atomic mass is 10.1. The van der Waals surface area contributed by atoms with Gasteiger partial charge >= 0.3 is 0 Å². The van der Waals surface area contributed by atoms with Crippen LogP contribution in [0.4, 0.5) is 5.69 Å². The fraction of sp³-hybridized carbons (Fsp3) is 0.417. The lowest BCUT2D eigenvalue weighted by Gasteiger charge is -2.30. The highest BCUT2D eigenvalue weighted by atomic mass is 35.5. The Bertz CT molecular complexity index is 1150. The van der Waals surface area contributed by atoms with Crippen molar-refractivity contribution in [3.63, 3.8) is 0 Å². The van der Waals surface area contributed by atoms with Gasteiger partial charge in [0.05, 0.1) is 11.9 Å². The highest BCUT2D eigenvalue weighted by Crippen LogP contribution is 2.29. The molecule has 7 nitrogen and oxygen atoms in total. The van der Waals surface area contributed by atoms with Gasteiger partial charge in [-0.15, -0.1) is 0 Å². The van der Waals surface area contributed by atoms with Gasteiger partial charge in [-0.25, -0.2) is 8.42 Å². The van der Waals surface area contributed by atoms with Crippen molar-refractivity contribution in [2.45, 2.75) is 46.2 Å². The predicted octanol–water partition coefficient (Wildman–Crippen LogP) is 5.05. The molecule has 2 amide bonds. The molecule has 0 fully saturated rings. The van der Waals surface area contributed by atoms with Gasteiger partial charge in [0.2, 0.25) is 21.8 Å². The van der Waals surface area contributed by atoms with Crippen molar-refractivity contribution in [2.24, 2.45) is 0 Å². The maximum absolute atomic E-state index is 13.3. The molecule has 0 bridgehead atoms. The summed E-state index contributed by atoms with van der Waals surface area (Å²) in [5, 5.41) is 3.95. The van der Waals surface area contributed by atoms with Gasteiger partial charge in [0.15, 0.2) is 0 Å². The molecule has 192 valence electrons. The van der Waals surface area contributed by atoms with Crippen LogP contribution >= 0.6 is 34.8 Å². The maximum Gasteiger partial charge on any atom is 0.242 e. The lowest BCUT2D eigenvalue weighted by molar-refractivity contribution is -0.140. The number of amides is 2. The van der Waals surface area contributed by atoms with Crippen LogP contribution in [0.1, 0.15) is 37.8 Å². The Morgan fingerprint density at radius 1 is 1.03 bits per heavy atom. The van der Waals surface area contributed by atoms with E-state index in [0.717, 1.165) is 6.26 Å². The zero-order valence-corrected chi connectivity index (χ0v) is 23.2. The number of benzene rings is 2. The van der Waals surface area contributed by atoms with E-state index in [2.05, 4.69) is 5.32 Å². The molecule has 35 heavy (non-hydrogen) atoms. The Balaban J connectivity index is 2.24. The normalized spacial score (nSPS) is 12.2. The van der Waals surface area contributed by atoms with Gasteiger partial charge in [-0.3, -0.25) is 13.9 Å². The molecule has 2 aromatic carbocycles. The Morgan fingerprint density at radius 3 is 2.17 bits per heavy atom. The Kier molecular flexibility index (Phi) is 10.7. The van der Waals surface area contributed by atoms with Gasteiger partial charge < -0.3 is 10.2 Å². The molecular weight excluding hydrogens is 533 g/mol. The number of halogens is 3. The van der Waals surface area contributed by atoms with Crippen molar-refractivity contribution < 1.29 is 18.0 Å². The third-order valence-corrected chi connectivity index (χ3v) is 7.87. The third-order valence-electron chi connectivity index (χ3n) is 5.57. The van der Waals surface area contributed by atoms with Crippen LogP contribution in [0.15, 0.2) is 36.4 Å². The number of sulfonamides is 1. The average Bonchev–Trinajstić information content (AvgIpc) is 2.77. The molecule has 0 aromatic heterocycles. The van der Waals surface area contributed by atoms with E-state index in [1.54, 1.807) is 57.2 Å². The van der Waals surface area contributed by atoms with Crippen LogP contribution < -0.4 is 9.62 Å². The Morgan fingerprint density at radius 2 is 1.60 bits per heavy atom. The van der Waals surface area contributed by atoms with E-state index in [-0.39, 0.29) is 37.7 Å². The molecule has 11 heteroatoms. The number of hydrogen-bond donors (Lipinski definition) is 1. The predicted molar refractivity (Wildman–Crippen MR) is 143 cm³/mol. The second-order valence-corrected chi connectivity index (χ2v) is 11.2. The molecule has 1 N–H and O–H groups in total. The van der Waals surface area contributed by atoms with Crippen molar-refractivity contribution >= 4 is 62.3 Å². The highest BCUT2D eigenvalue weighted by Gasteiger charge is 2.28. The maximum atomic E-state index is 13.3. The highest BCUT2D eigenvalue weighted by molar-refractivity contribution is 7.92. The Hall–Kier alpha value is -2.00. The smallest absolute Gasteiger partial charge is 0.242 e. The number of nitrogens with zero attached hydrogens (tertiary/aromatic N) is 2. The molecule has 0 aliphatic carbocycles. The van der Waals surface area contributed by atoms with Crippen LogP contribution in [-0.2, 0) is 26.2 Å². The summed E-state index contributed by atoms with van der Waals surface area (Å²) in [7, 11) is -3.62. The topological polar surface area (TPSA) is 86.8 Å². The van der Waals surface area contributed by atoms with Gasteiger partial charge in [-0.2, -0.15) is 0 Å². The first-order chi connectivity index (χ1) is 16.4. The van der Waals surface area contributed by atoms with Gasteiger partial charge in [-0.1, -0.05) is 46.9 Å². The van der Waals surface area contributed by atoms with E-state index in [9.17, 15) is 18.0 Å². The lowest BCUT2D eigenvalue weighted by Crippen LogP contribution is -2.47. The van der Waals surface area contributed by atoms with Crippen LogP contribution in [0.2, 0.25) is 15.1 Å². The molecule has 0 spiro atoms. The van der Waals surface area contributed by atoms with Crippen LogP contribution in [-0.4, -0.2) is 50.5 Å². The van der Waals surface area contributed by atoms with E-state index in [1.165, 1.54) is 9.21 Å². The van der Waals surface area contributed by atoms with E-state index in [4.69, 9.17) is 34.8 Å². The Labute approximate surface area is 222 Å². The summed E-state index contributed by atoms with van der Waals surface area (Å²) < 4.78 is 26.2. The molecule has 0 aliphatic heterocycles. The fourth-order valence-corrected chi connectivity index (χ4v) is 5.31. The number of nitrogens with one attached hydrogen (secondary N) is 1. The second-order valence-electron chi connectivity index (χ2n) is 8.12. The minimum atomic E-state index is -3.62. The van der Waals surface area contributed by atoms with Crippen LogP contribution in [0.5, 0.6) is 0 Å². The SMILES string of the molecule is CCNC(=O)[C@H](C)N(Cc1c(Cl)cccc1Cl)C(=O)CCCN(c1cccc(Cl)c1C)S(C)(=O)=O. The average molecular weight is 563 g/mol. The summed E-state index contributed by atoms with van der Waals surface area (Å²) in [4.78, 5) is 27.2. The molecule has 2 aromatic rings. The summed E-state index contributed by atoms with van der Waals surface area (Å²) in [6.07, 6.45) is 1.35. The number of anilines is 1. The summed E-state index contributed by atoms with van der Waals surface area (Å²) in [6, 6.07) is 9.29. The van der Waals surface area contributed by atoms with Crippen LogP contribution in [0.3, 0.4) is 0 Å². The molecular formula is C24H30Cl3N3O4S. The first-order valence-electron chi connectivity index (χ1n) is 11.1. The number of carbonyl (C=O) groups is 2. The summed E-state index contributed by atoms with van der Waals surface area (Å²) in [6.45, 7) is 5.69. The summed E-state index contributed by atoms with van der Waals surface area (Å²) in [5.74, 6) is -0.632. The van der Waals surface area contributed by atoms with Gasteiger partial charge in [0.1, 0.15) is 6.04 Å². The van der Waals surface area contributed by atoms with E-state index >= 15 is 0 Å². The minimum absolute atomic E-state index is 0.0114. The number of likely N-dealkylation sites (N-methyl/N-ethyl adjacent to an activating group) is 1. The standard InChI is InChI=1S/C24H30Cl3N3O4S/c1-5-28-24(32)17(3)29(15-18-20(26)10-6-11-21(18)27)23(31)13-8-14-30(35(4,33)34)22-12-7-9-19(25)16(22)2/h6-7,9-12,17H,5,8,13-15H2,1-4H3,(H,28,32)/t17-/m0/s1. The van der Waals surface area contributed by atoms with Gasteiger partial charge in [0.25, 0.3) is 0 Å². The van der Waals surface area contributed by atoms with E-state index in [1.807, 2.05) is 0 Å². The molecule has 0 aliphatic rings. The van der Waals surface area contributed by atoms with Crippen LogP contribution in [0, 0.1) is 6.92 Å². The minimum Gasteiger partial charge on any atom is -0.355 e. The van der Waals surface area contributed by atoms with Gasteiger partial charge in [-0.05, 0) is 57.0 Å². The molecule has 0 radical (unpaired) electrons. The number of rotatable bonds is 11. The van der Waals surface area contributed by atoms with E-state index < -0.39 is 16.1 Å². The zero-order chi connectivity index (χ0) is 26.3. The van der Waals surface area contributed by atoms with E-state index in [0.29, 0.717) is 38.4 Å². The molecule has 2 rings (SSSR count). The summed E-state index contributed by atoms with van der Waals surface area (Å²) in [5.41, 5.74) is 1.63. The molecule has 1 atom stereocenters. The van der Waals surface area contributed by atoms with Crippen molar-refractivity contribution in [3.05, 3.63) is 62.6 Å². The molecule has 0 unspecified atom stereocenters. The second kappa shape index (κ2) is 12.8. The fourth-order valence-electron chi connectivity index (χ4n) is 3.61. The van der Waals surface area contributed by atoms with Crippen molar-refractivity contribution in [1.29, 1.82) is 0 Å². The molecule has 0 saturated carbocycles. The largest absolute Gasteiger partial charge is 0.355 e. The van der Waals surface area contributed by atoms with Crippen LogP contribution in [0.25, 0.3) is 0 Å². The molecule has 0 saturated heterocycles. The van der Waals surface area contributed by atoms with Gasteiger partial charge in [0, 0.05) is 46.7 Å². The first-order valence-corrected chi connectivity index (χ1v) is 14.1.